The summed E-state index contributed by atoms with van der Waals surface area (Å²) in [5.41, 5.74) is 1.16. The second-order valence-electron chi connectivity index (χ2n) is 5.29. The van der Waals surface area contributed by atoms with Crippen molar-refractivity contribution in [2.75, 3.05) is 0 Å². The molecule has 0 amide bonds. The monoisotopic (exact) mass is 268 g/mol. The van der Waals surface area contributed by atoms with Crippen LogP contribution in [0.15, 0.2) is 6.07 Å². The van der Waals surface area contributed by atoms with Crippen molar-refractivity contribution in [3.8, 4) is 0 Å². The Bertz CT molecular complexity index is 330. The summed E-state index contributed by atoms with van der Waals surface area (Å²) < 4.78 is 0. The van der Waals surface area contributed by atoms with Gasteiger partial charge in [-0.3, -0.25) is 0 Å². The van der Waals surface area contributed by atoms with Crippen LogP contribution in [0.1, 0.15) is 79.7 Å². The fourth-order valence-electron chi connectivity index (χ4n) is 2.43. The molecule has 18 heavy (non-hydrogen) atoms. The van der Waals surface area contributed by atoms with E-state index in [1.54, 1.807) is 11.3 Å². The van der Waals surface area contributed by atoms with E-state index in [-0.39, 0.29) is 6.10 Å². The molecule has 0 fully saturated rings. The van der Waals surface area contributed by atoms with Gasteiger partial charge in [0, 0.05) is 9.75 Å². The highest BCUT2D eigenvalue weighted by atomic mass is 32.1. The zero-order valence-corrected chi connectivity index (χ0v) is 13.0. The molecule has 104 valence electrons. The van der Waals surface area contributed by atoms with Crippen LogP contribution in [0.4, 0.5) is 0 Å². The second-order valence-corrected chi connectivity index (χ2v) is 6.75. The van der Waals surface area contributed by atoms with E-state index in [0.29, 0.717) is 0 Å². The Morgan fingerprint density at radius 3 is 2.22 bits per heavy atom. The highest BCUT2D eigenvalue weighted by Crippen LogP contribution is 2.29. The molecule has 1 unspecified atom stereocenters. The van der Waals surface area contributed by atoms with E-state index >= 15 is 0 Å². The van der Waals surface area contributed by atoms with Crippen LogP contribution in [-0.4, -0.2) is 5.11 Å². The summed E-state index contributed by atoms with van der Waals surface area (Å²) in [6.45, 7) is 6.48. The van der Waals surface area contributed by atoms with Gasteiger partial charge >= 0.3 is 0 Å². The first-order valence-electron chi connectivity index (χ1n) is 7.40. The highest BCUT2D eigenvalue weighted by Gasteiger charge is 2.12. The quantitative estimate of drug-likeness (QED) is 0.583. The molecule has 0 spiro atoms. The van der Waals surface area contributed by atoms with Crippen molar-refractivity contribution in [1.29, 1.82) is 0 Å². The van der Waals surface area contributed by atoms with Crippen LogP contribution in [0, 0.1) is 13.8 Å². The molecule has 1 aromatic rings. The van der Waals surface area contributed by atoms with Crippen LogP contribution in [0.5, 0.6) is 0 Å². The largest absolute Gasteiger partial charge is 0.388 e. The zero-order valence-electron chi connectivity index (χ0n) is 12.2. The Kier molecular flexibility index (Phi) is 7.60. The van der Waals surface area contributed by atoms with Crippen molar-refractivity contribution in [2.45, 2.75) is 78.2 Å². The minimum Gasteiger partial charge on any atom is -0.388 e. The third kappa shape index (κ3) is 5.53. The Labute approximate surface area is 116 Å². The molecule has 1 heterocycles. The Morgan fingerprint density at radius 1 is 1.06 bits per heavy atom. The summed E-state index contributed by atoms with van der Waals surface area (Å²) >= 11 is 1.79. The van der Waals surface area contributed by atoms with Crippen molar-refractivity contribution in [3.05, 3.63) is 21.4 Å². The molecular formula is C16H28OS. The number of thiophene rings is 1. The van der Waals surface area contributed by atoms with Crippen molar-refractivity contribution >= 4 is 11.3 Å². The van der Waals surface area contributed by atoms with Gasteiger partial charge in [-0.05, 0) is 31.9 Å². The molecule has 0 aliphatic carbocycles. The average molecular weight is 268 g/mol. The first-order valence-corrected chi connectivity index (χ1v) is 8.21. The highest BCUT2D eigenvalue weighted by molar-refractivity contribution is 7.12. The lowest BCUT2D eigenvalue weighted by atomic mass is 10.0. The molecular weight excluding hydrogens is 240 g/mol. The van der Waals surface area contributed by atoms with E-state index in [0.717, 1.165) is 18.4 Å². The molecule has 0 aromatic carbocycles. The SMILES string of the molecule is CCCCCCCCCC(O)c1cc(C)sc1C. The van der Waals surface area contributed by atoms with Crippen molar-refractivity contribution < 1.29 is 5.11 Å². The van der Waals surface area contributed by atoms with Gasteiger partial charge in [-0.2, -0.15) is 0 Å². The summed E-state index contributed by atoms with van der Waals surface area (Å²) in [6, 6.07) is 2.14. The van der Waals surface area contributed by atoms with Gasteiger partial charge in [0.1, 0.15) is 0 Å². The molecule has 1 atom stereocenters. The molecule has 1 rings (SSSR count). The van der Waals surface area contributed by atoms with Crippen molar-refractivity contribution in [2.24, 2.45) is 0 Å². The van der Waals surface area contributed by atoms with Crippen LogP contribution < -0.4 is 0 Å². The number of aliphatic hydroxyl groups excluding tert-OH is 1. The van der Waals surface area contributed by atoms with E-state index in [4.69, 9.17) is 0 Å². The summed E-state index contributed by atoms with van der Waals surface area (Å²) in [6.07, 6.45) is 9.85. The summed E-state index contributed by atoms with van der Waals surface area (Å²) in [5, 5.41) is 10.2. The predicted molar refractivity (Wildman–Crippen MR) is 81.4 cm³/mol. The normalized spacial score (nSPS) is 12.9. The standard InChI is InChI=1S/C16H28OS/c1-4-5-6-7-8-9-10-11-16(17)15-12-13(2)18-14(15)3/h12,16-17H,4-11H2,1-3H3. The number of hydrogen-bond donors (Lipinski definition) is 1. The smallest absolute Gasteiger partial charge is 0.0800 e. The number of hydrogen-bond acceptors (Lipinski definition) is 2. The topological polar surface area (TPSA) is 20.2 Å². The maximum Gasteiger partial charge on any atom is 0.0800 e. The molecule has 1 aromatic heterocycles. The number of aryl methyl sites for hydroxylation is 2. The predicted octanol–water partition coefficient (Wildman–Crippen LogP) is 5.54. The fraction of sp³-hybridized carbons (Fsp3) is 0.750. The lowest BCUT2D eigenvalue weighted by Crippen LogP contribution is -1.97. The van der Waals surface area contributed by atoms with Gasteiger partial charge < -0.3 is 5.11 Å². The lowest BCUT2D eigenvalue weighted by molar-refractivity contribution is 0.163. The molecule has 0 aliphatic heterocycles. The van der Waals surface area contributed by atoms with E-state index in [1.165, 1.54) is 48.3 Å². The van der Waals surface area contributed by atoms with E-state index < -0.39 is 0 Å². The molecule has 0 radical (unpaired) electrons. The first kappa shape index (κ1) is 15.7. The van der Waals surface area contributed by atoms with Gasteiger partial charge in [0.2, 0.25) is 0 Å². The van der Waals surface area contributed by atoms with E-state index in [1.807, 2.05) is 0 Å². The van der Waals surface area contributed by atoms with Crippen LogP contribution in [-0.2, 0) is 0 Å². The third-order valence-electron chi connectivity index (χ3n) is 3.52. The molecule has 1 N–H and O–H groups in total. The lowest BCUT2D eigenvalue weighted by Gasteiger charge is -2.10. The summed E-state index contributed by atoms with van der Waals surface area (Å²) in [7, 11) is 0. The molecule has 0 bridgehead atoms. The van der Waals surface area contributed by atoms with E-state index in [2.05, 4.69) is 26.8 Å². The zero-order chi connectivity index (χ0) is 13.4. The van der Waals surface area contributed by atoms with Crippen LogP contribution in [0.3, 0.4) is 0 Å². The van der Waals surface area contributed by atoms with Crippen LogP contribution >= 0.6 is 11.3 Å². The molecule has 0 aliphatic rings. The third-order valence-corrected chi connectivity index (χ3v) is 4.50. The fourth-order valence-corrected chi connectivity index (χ4v) is 3.41. The summed E-state index contributed by atoms with van der Waals surface area (Å²) in [4.78, 5) is 2.59. The molecule has 1 nitrogen and oxygen atoms in total. The minimum absolute atomic E-state index is 0.245. The Balaban J connectivity index is 2.14. The molecule has 0 saturated carbocycles. The van der Waals surface area contributed by atoms with Gasteiger partial charge in [0.25, 0.3) is 0 Å². The van der Waals surface area contributed by atoms with Crippen LogP contribution in [0.2, 0.25) is 0 Å². The Morgan fingerprint density at radius 2 is 1.67 bits per heavy atom. The Hall–Kier alpha value is -0.340. The molecule has 0 saturated heterocycles. The average Bonchev–Trinajstić information content (AvgIpc) is 2.67. The maximum absolute atomic E-state index is 10.2. The first-order chi connectivity index (χ1) is 8.65. The number of rotatable bonds is 9. The van der Waals surface area contributed by atoms with Gasteiger partial charge in [0.15, 0.2) is 0 Å². The van der Waals surface area contributed by atoms with Gasteiger partial charge in [-0.15, -0.1) is 11.3 Å². The minimum atomic E-state index is -0.245. The summed E-state index contributed by atoms with van der Waals surface area (Å²) in [5.74, 6) is 0. The second kappa shape index (κ2) is 8.71. The van der Waals surface area contributed by atoms with E-state index in [9.17, 15) is 5.11 Å². The van der Waals surface area contributed by atoms with Gasteiger partial charge in [0.05, 0.1) is 6.10 Å². The van der Waals surface area contributed by atoms with Gasteiger partial charge in [-0.1, -0.05) is 51.9 Å². The maximum atomic E-state index is 10.2. The van der Waals surface area contributed by atoms with Gasteiger partial charge in [-0.25, -0.2) is 0 Å². The van der Waals surface area contributed by atoms with Crippen molar-refractivity contribution in [3.63, 3.8) is 0 Å². The molecule has 2 heteroatoms. The van der Waals surface area contributed by atoms with Crippen molar-refractivity contribution in [1.82, 2.24) is 0 Å². The number of unbranched alkanes of at least 4 members (excludes halogenated alkanes) is 6. The van der Waals surface area contributed by atoms with Crippen LogP contribution in [0.25, 0.3) is 0 Å². The number of aliphatic hydroxyl groups is 1.